The number of esters is 1. The zero-order valence-corrected chi connectivity index (χ0v) is 20.0. The van der Waals surface area contributed by atoms with Crippen LogP contribution in [0.3, 0.4) is 0 Å². The molecule has 170 valence electrons. The maximum atomic E-state index is 13.4. The minimum Gasteiger partial charge on any atom is -0.467 e. The van der Waals surface area contributed by atoms with Crippen LogP contribution in [0.2, 0.25) is 5.02 Å². The third kappa shape index (κ3) is 4.02. The van der Waals surface area contributed by atoms with Gasteiger partial charge in [-0.3, -0.25) is 4.79 Å². The van der Waals surface area contributed by atoms with E-state index in [0.717, 1.165) is 28.2 Å². The first-order valence-electron chi connectivity index (χ1n) is 10.5. The molecule has 1 aliphatic rings. The van der Waals surface area contributed by atoms with Gasteiger partial charge in [0.1, 0.15) is 5.76 Å². The van der Waals surface area contributed by atoms with E-state index in [1.54, 1.807) is 31.4 Å². The summed E-state index contributed by atoms with van der Waals surface area (Å²) in [6.07, 6.45) is 3.31. The molecule has 0 atom stereocenters. The summed E-state index contributed by atoms with van der Waals surface area (Å²) in [5.41, 5.74) is 5.78. The minimum atomic E-state index is -0.548. The Morgan fingerprint density at radius 1 is 1.15 bits per heavy atom. The van der Waals surface area contributed by atoms with Gasteiger partial charge in [-0.2, -0.15) is 0 Å². The first-order chi connectivity index (χ1) is 15.7. The van der Waals surface area contributed by atoms with Crippen molar-refractivity contribution in [1.82, 2.24) is 9.47 Å². The van der Waals surface area contributed by atoms with Crippen molar-refractivity contribution < 1.29 is 18.7 Å². The molecule has 0 saturated carbocycles. The lowest BCUT2D eigenvalue weighted by Crippen LogP contribution is -2.24. The van der Waals surface area contributed by atoms with E-state index in [1.807, 2.05) is 45.0 Å². The summed E-state index contributed by atoms with van der Waals surface area (Å²) in [5.74, 6) is -0.191. The Balaban J connectivity index is 1.79. The highest BCUT2D eigenvalue weighted by molar-refractivity contribution is 6.31. The van der Waals surface area contributed by atoms with Crippen LogP contribution in [0.5, 0.6) is 0 Å². The van der Waals surface area contributed by atoms with Crippen molar-refractivity contribution in [3.8, 4) is 5.69 Å². The van der Waals surface area contributed by atoms with Crippen LogP contribution in [-0.4, -0.2) is 28.5 Å². The quantitative estimate of drug-likeness (QED) is 0.368. The van der Waals surface area contributed by atoms with Crippen LogP contribution in [0.1, 0.15) is 35.2 Å². The number of hydrogen-bond acceptors (Lipinski definition) is 4. The van der Waals surface area contributed by atoms with E-state index < -0.39 is 5.97 Å². The van der Waals surface area contributed by atoms with Crippen molar-refractivity contribution in [3.05, 3.63) is 92.8 Å². The SMILES string of the molecule is COC(=O)C1=C(C)N(Cc2ccco2)C(=O)/C1=C\c1cc(C)n(-c2ccc(C)c(Cl)c2)c1C. The lowest BCUT2D eigenvalue weighted by molar-refractivity contribution is -0.136. The van der Waals surface area contributed by atoms with Gasteiger partial charge in [-0.1, -0.05) is 17.7 Å². The Hall–Kier alpha value is -3.51. The third-order valence-electron chi connectivity index (χ3n) is 5.98. The Bertz CT molecular complexity index is 1310. The fraction of sp³-hybridized carbons (Fsp3) is 0.231. The van der Waals surface area contributed by atoms with Crippen molar-refractivity contribution in [2.75, 3.05) is 7.11 Å². The molecule has 0 aliphatic carbocycles. The first-order valence-corrected chi connectivity index (χ1v) is 10.9. The van der Waals surface area contributed by atoms with Crippen molar-refractivity contribution >= 4 is 29.6 Å². The smallest absolute Gasteiger partial charge is 0.340 e. The Kier molecular flexibility index (Phi) is 6.04. The Labute approximate surface area is 197 Å². The van der Waals surface area contributed by atoms with Gasteiger partial charge in [-0.05, 0) is 75.2 Å². The highest BCUT2D eigenvalue weighted by Gasteiger charge is 2.37. The fourth-order valence-electron chi connectivity index (χ4n) is 4.18. The minimum absolute atomic E-state index is 0.233. The number of aryl methyl sites for hydroxylation is 2. The van der Waals surface area contributed by atoms with Crippen molar-refractivity contribution in [3.63, 3.8) is 0 Å². The number of rotatable bonds is 5. The number of methoxy groups -OCH3 is 1. The molecule has 1 aliphatic heterocycles. The summed E-state index contributed by atoms with van der Waals surface area (Å²) >= 11 is 6.35. The van der Waals surface area contributed by atoms with Crippen LogP contribution in [-0.2, 0) is 20.9 Å². The van der Waals surface area contributed by atoms with Crippen molar-refractivity contribution in [2.24, 2.45) is 0 Å². The number of amides is 1. The monoisotopic (exact) mass is 464 g/mol. The third-order valence-corrected chi connectivity index (χ3v) is 6.39. The number of aromatic nitrogens is 1. The number of ether oxygens (including phenoxy) is 1. The molecule has 3 aromatic rings. The average molecular weight is 465 g/mol. The lowest BCUT2D eigenvalue weighted by Gasteiger charge is -2.16. The molecule has 0 saturated heterocycles. The molecule has 0 N–H and O–H groups in total. The fourth-order valence-corrected chi connectivity index (χ4v) is 4.36. The Morgan fingerprint density at radius 2 is 1.91 bits per heavy atom. The molecule has 3 heterocycles. The van der Waals surface area contributed by atoms with Gasteiger partial charge in [0.05, 0.1) is 31.1 Å². The molecule has 0 fully saturated rings. The van der Waals surface area contributed by atoms with Gasteiger partial charge in [-0.25, -0.2) is 4.79 Å². The van der Waals surface area contributed by atoms with E-state index in [1.165, 1.54) is 12.0 Å². The molecular weight excluding hydrogens is 440 g/mol. The summed E-state index contributed by atoms with van der Waals surface area (Å²) in [7, 11) is 1.31. The number of hydrogen-bond donors (Lipinski definition) is 0. The van der Waals surface area contributed by atoms with Gasteiger partial charge in [0.15, 0.2) is 0 Å². The van der Waals surface area contributed by atoms with Gasteiger partial charge in [-0.15, -0.1) is 0 Å². The molecule has 6 nitrogen and oxygen atoms in total. The number of carbonyl (C=O) groups is 2. The highest BCUT2D eigenvalue weighted by atomic mass is 35.5. The second kappa shape index (κ2) is 8.79. The van der Waals surface area contributed by atoms with Gasteiger partial charge in [0, 0.05) is 27.8 Å². The molecule has 0 unspecified atom stereocenters. The van der Waals surface area contributed by atoms with E-state index in [4.69, 9.17) is 20.8 Å². The molecule has 7 heteroatoms. The summed E-state index contributed by atoms with van der Waals surface area (Å²) in [4.78, 5) is 27.5. The van der Waals surface area contributed by atoms with Gasteiger partial charge in [0.25, 0.3) is 5.91 Å². The standard InChI is InChI=1S/C26H25ClN2O4/c1-15-8-9-20(13-23(15)27)29-16(2)11-19(17(29)3)12-22-24(26(31)32-5)18(4)28(25(22)30)14-21-7-6-10-33-21/h6-13H,14H2,1-5H3/b22-12-. The number of nitrogens with zero attached hydrogens (tertiary/aromatic N) is 2. The first kappa shape index (κ1) is 22.7. The number of benzene rings is 1. The van der Waals surface area contributed by atoms with Gasteiger partial charge in [0.2, 0.25) is 0 Å². The molecule has 0 radical (unpaired) electrons. The van der Waals surface area contributed by atoms with Crippen LogP contribution in [0.15, 0.2) is 63.9 Å². The Morgan fingerprint density at radius 3 is 2.55 bits per heavy atom. The van der Waals surface area contributed by atoms with Crippen molar-refractivity contribution in [1.29, 1.82) is 0 Å². The van der Waals surface area contributed by atoms with Crippen molar-refractivity contribution in [2.45, 2.75) is 34.2 Å². The van der Waals surface area contributed by atoms with E-state index >= 15 is 0 Å². The average Bonchev–Trinajstić information content (AvgIpc) is 3.45. The predicted octanol–water partition coefficient (Wildman–Crippen LogP) is 5.52. The maximum Gasteiger partial charge on any atom is 0.340 e. The molecule has 1 aromatic carbocycles. The summed E-state index contributed by atoms with van der Waals surface area (Å²) in [5, 5.41) is 0.686. The van der Waals surface area contributed by atoms with Crippen LogP contribution in [0.25, 0.3) is 11.8 Å². The summed E-state index contributed by atoms with van der Waals surface area (Å²) in [6, 6.07) is 11.4. The lowest BCUT2D eigenvalue weighted by atomic mass is 10.0. The molecule has 4 rings (SSSR count). The predicted molar refractivity (Wildman–Crippen MR) is 127 cm³/mol. The van der Waals surface area contributed by atoms with Crippen LogP contribution in [0.4, 0.5) is 0 Å². The largest absolute Gasteiger partial charge is 0.467 e. The second-order valence-electron chi connectivity index (χ2n) is 8.08. The maximum absolute atomic E-state index is 13.4. The van der Waals surface area contributed by atoms with Crippen LogP contribution in [0, 0.1) is 20.8 Å². The van der Waals surface area contributed by atoms with E-state index in [9.17, 15) is 9.59 Å². The number of carbonyl (C=O) groups excluding carboxylic acids is 2. The van der Waals surface area contributed by atoms with Crippen LogP contribution >= 0.6 is 11.6 Å². The number of furan rings is 1. The second-order valence-corrected chi connectivity index (χ2v) is 8.48. The number of halogens is 1. The molecular formula is C26H25ClN2O4. The molecule has 2 aromatic heterocycles. The normalized spacial score (nSPS) is 15.2. The van der Waals surface area contributed by atoms with E-state index in [2.05, 4.69) is 4.57 Å². The summed E-state index contributed by atoms with van der Waals surface area (Å²) in [6.45, 7) is 7.90. The van der Waals surface area contributed by atoms with E-state index in [-0.39, 0.29) is 18.0 Å². The zero-order valence-electron chi connectivity index (χ0n) is 19.2. The molecule has 1 amide bonds. The molecule has 0 bridgehead atoms. The topological polar surface area (TPSA) is 64.7 Å². The molecule has 33 heavy (non-hydrogen) atoms. The van der Waals surface area contributed by atoms with Gasteiger partial charge >= 0.3 is 5.97 Å². The molecule has 0 spiro atoms. The highest BCUT2D eigenvalue weighted by Crippen LogP contribution is 2.34. The van der Waals surface area contributed by atoms with Crippen LogP contribution < -0.4 is 0 Å². The van der Waals surface area contributed by atoms with E-state index in [0.29, 0.717) is 22.1 Å². The zero-order chi connectivity index (χ0) is 23.9. The summed E-state index contributed by atoms with van der Waals surface area (Å²) < 4.78 is 12.5. The number of allylic oxidation sites excluding steroid dienone is 1. The van der Waals surface area contributed by atoms with Gasteiger partial charge < -0.3 is 18.6 Å².